The second-order valence-corrected chi connectivity index (χ2v) is 8.04. The van der Waals surface area contributed by atoms with Crippen LogP contribution in [0.15, 0.2) is 84.0 Å². The van der Waals surface area contributed by atoms with Crippen LogP contribution in [0.25, 0.3) is 17.8 Å². The van der Waals surface area contributed by atoms with Gasteiger partial charge in [-0.2, -0.15) is 4.68 Å². The lowest BCUT2D eigenvalue weighted by atomic mass is 10.1. The maximum absolute atomic E-state index is 12.4. The number of thioether (sulfide) groups is 1. The molecule has 0 aliphatic carbocycles. The minimum Gasteiger partial charge on any atom is -0.325 e. The van der Waals surface area contributed by atoms with E-state index in [4.69, 9.17) is 0 Å². The molecule has 0 fully saturated rings. The second kappa shape index (κ2) is 10.5. The summed E-state index contributed by atoms with van der Waals surface area (Å²) in [4.78, 5) is 12.4. The molecular weight excluding hydrogens is 418 g/mol. The number of amides is 1. The van der Waals surface area contributed by atoms with Crippen molar-refractivity contribution in [1.29, 1.82) is 0 Å². The van der Waals surface area contributed by atoms with Gasteiger partial charge in [0, 0.05) is 5.69 Å². The maximum Gasteiger partial charge on any atom is 0.234 e. The Morgan fingerprint density at radius 1 is 0.938 bits per heavy atom. The van der Waals surface area contributed by atoms with E-state index in [1.807, 2.05) is 60.7 Å². The molecule has 6 nitrogen and oxygen atoms in total. The van der Waals surface area contributed by atoms with Gasteiger partial charge in [-0.1, -0.05) is 85.4 Å². The Morgan fingerprint density at radius 2 is 1.62 bits per heavy atom. The fourth-order valence-corrected chi connectivity index (χ4v) is 3.76. The molecule has 1 aromatic heterocycles. The summed E-state index contributed by atoms with van der Waals surface area (Å²) in [6.45, 7) is 2.11. The van der Waals surface area contributed by atoms with Crippen LogP contribution in [0.4, 0.5) is 5.69 Å². The minimum atomic E-state index is -0.113. The molecule has 0 saturated heterocycles. The smallest absolute Gasteiger partial charge is 0.234 e. The van der Waals surface area contributed by atoms with Crippen LogP contribution in [0.3, 0.4) is 0 Å². The molecule has 0 aliphatic rings. The van der Waals surface area contributed by atoms with Crippen LogP contribution in [0.2, 0.25) is 0 Å². The number of nitrogens with zero attached hydrogens (tertiary/aromatic N) is 4. The summed E-state index contributed by atoms with van der Waals surface area (Å²) in [6, 6.07) is 25.9. The van der Waals surface area contributed by atoms with Crippen molar-refractivity contribution in [2.45, 2.75) is 18.5 Å². The first-order chi connectivity index (χ1) is 15.7. The average Bonchev–Trinajstić information content (AvgIpc) is 3.32. The van der Waals surface area contributed by atoms with Crippen molar-refractivity contribution >= 4 is 35.5 Å². The van der Waals surface area contributed by atoms with Crippen molar-refractivity contribution in [3.63, 3.8) is 0 Å². The number of carbonyl (C=O) groups is 1. The topological polar surface area (TPSA) is 72.7 Å². The van der Waals surface area contributed by atoms with Crippen LogP contribution in [0.5, 0.6) is 0 Å². The Labute approximate surface area is 191 Å². The van der Waals surface area contributed by atoms with Crippen LogP contribution in [0, 0.1) is 0 Å². The van der Waals surface area contributed by atoms with Crippen LogP contribution in [-0.4, -0.2) is 31.9 Å². The number of rotatable bonds is 8. The third-order valence-electron chi connectivity index (χ3n) is 4.82. The van der Waals surface area contributed by atoms with Crippen molar-refractivity contribution in [3.05, 3.63) is 95.6 Å². The molecule has 1 heterocycles. The van der Waals surface area contributed by atoms with Gasteiger partial charge in [-0.15, -0.1) is 5.10 Å². The van der Waals surface area contributed by atoms with E-state index in [0.29, 0.717) is 5.16 Å². The highest BCUT2D eigenvalue weighted by Crippen LogP contribution is 2.19. The lowest BCUT2D eigenvalue weighted by molar-refractivity contribution is -0.113. The van der Waals surface area contributed by atoms with Crippen molar-refractivity contribution in [1.82, 2.24) is 20.2 Å². The number of aryl methyl sites for hydroxylation is 1. The van der Waals surface area contributed by atoms with Gasteiger partial charge in [-0.25, -0.2) is 0 Å². The summed E-state index contributed by atoms with van der Waals surface area (Å²) in [5.74, 6) is 0.0988. The van der Waals surface area contributed by atoms with Gasteiger partial charge in [0.05, 0.1) is 11.4 Å². The fourth-order valence-electron chi connectivity index (χ4n) is 3.07. The average molecular weight is 442 g/mol. The molecule has 0 spiro atoms. The molecule has 0 radical (unpaired) electrons. The van der Waals surface area contributed by atoms with E-state index in [9.17, 15) is 4.79 Å². The maximum atomic E-state index is 12.4. The first-order valence-electron chi connectivity index (χ1n) is 10.3. The Kier molecular flexibility index (Phi) is 7.09. The predicted molar refractivity (Wildman–Crippen MR) is 130 cm³/mol. The van der Waals surface area contributed by atoms with Crippen molar-refractivity contribution in [3.8, 4) is 5.69 Å². The van der Waals surface area contributed by atoms with Crippen LogP contribution < -0.4 is 5.32 Å². The third-order valence-corrected chi connectivity index (χ3v) is 5.74. The zero-order chi connectivity index (χ0) is 22.2. The number of carbonyl (C=O) groups excluding carboxylic acids is 1. The summed E-state index contributed by atoms with van der Waals surface area (Å²) in [6.07, 6.45) is 5.08. The summed E-state index contributed by atoms with van der Waals surface area (Å²) < 4.78 is 1.64. The zero-order valence-electron chi connectivity index (χ0n) is 17.7. The molecule has 32 heavy (non-hydrogen) atoms. The summed E-state index contributed by atoms with van der Waals surface area (Å²) >= 11 is 1.30. The predicted octanol–water partition coefficient (Wildman–Crippen LogP) is 5.13. The van der Waals surface area contributed by atoms with E-state index in [-0.39, 0.29) is 11.7 Å². The van der Waals surface area contributed by atoms with Crippen LogP contribution in [0.1, 0.15) is 23.6 Å². The molecular formula is C25H23N5OS. The van der Waals surface area contributed by atoms with E-state index >= 15 is 0 Å². The Balaban J connectivity index is 1.32. The normalized spacial score (nSPS) is 11.0. The second-order valence-electron chi connectivity index (χ2n) is 7.10. The minimum absolute atomic E-state index is 0.113. The number of tetrazole rings is 1. The lowest BCUT2D eigenvalue weighted by Crippen LogP contribution is -2.14. The van der Waals surface area contributed by atoms with E-state index in [2.05, 4.69) is 58.1 Å². The Hall–Kier alpha value is -3.71. The lowest BCUT2D eigenvalue weighted by Gasteiger charge is -2.07. The quantitative estimate of drug-likeness (QED) is 0.303. The van der Waals surface area contributed by atoms with Crippen molar-refractivity contribution in [2.24, 2.45) is 0 Å². The fraction of sp³-hybridized carbons (Fsp3) is 0.120. The Bertz CT molecular complexity index is 1190. The number of benzene rings is 3. The van der Waals surface area contributed by atoms with Gasteiger partial charge in [0.15, 0.2) is 0 Å². The highest BCUT2D eigenvalue weighted by molar-refractivity contribution is 7.99. The molecule has 4 rings (SSSR count). The highest BCUT2D eigenvalue weighted by atomic mass is 32.2. The molecule has 0 unspecified atom stereocenters. The highest BCUT2D eigenvalue weighted by Gasteiger charge is 2.12. The summed E-state index contributed by atoms with van der Waals surface area (Å²) in [5.41, 5.74) is 5.08. The van der Waals surface area contributed by atoms with Crippen LogP contribution >= 0.6 is 11.8 Å². The molecule has 0 atom stereocenters. The van der Waals surface area contributed by atoms with E-state index in [0.717, 1.165) is 28.9 Å². The largest absolute Gasteiger partial charge is 0.325 e. The standard InChI is InChI=1S/C25H23N5OS/c1-2-19-12-16-23(17-13-19)30-25(27-28-29-30)32-18-24(31)26-22-14-10-21(11-15-22)9-8-20-6-4-3-5-7-20/h3-17H,2,18H2,1H3,(H,26,31)/b9-8+. The SMILES string of the molecule is CCc1ccc(-n2nnnc2SCC(=O)Nc2ccc(/C=C/c3ccccc3)cc2)cc1. The molecule has 1 amide bonds. The summed E-state index contributed by atoms with van der Waals surface area (Å²) in [7, 11) is 0. The number of hydrogen-bond acceptors (Lipinski definition) is 5. The van der Waals surface area contributed by atoms with Crippen molar-refractivity contribution < 1.29 is 4.79 Å². The first kappa shape index (κ1) is 21.5. The molecule has 160 valence electrons. The van der Waals surface area contributed by atoms with E-state index in [1.54, 1.807) is 4.68 Å². The molecule has 0 aliphatic heterocycles. The van der Waals surface area contributed by atoms with Crippen molar-refractivity contribution in [2.75, 3.05) is 11.1 Å². The van der Waals surface area contributed by atoms with E-state index < -0.39 is 0 Å². The van der Waals surface area contributed by atoms with Gasteiger partial charge in [0.25, 0.3) is 0 Å². The van der Waals surface area contributed by atoms with Gasteiger partial charge in [-0.3, -0.25) is 4.79 Å². The molecule has 0 bridgehead atoms. The number of nitrogens with one attached hydrogen (secondary N) is 1. The first-order valence-corrected chi connectivity index (χ1v) is 11.3. The van der Waals surface area contributed by atoms with Gasteiger partial charge < -0.3 is 5.32 Å². The molecule has 4 aromatic rings. The molecule has 7 heteroatoms. The Morgan fingerprint density at radius 3 is 2.31 bits per heavy atom. The number of aromatic nitrogens is 4. The number of anilines is 1. The van der Waals surface area contributed by atoms with E-state index in [1.165, 1.54) is 17.3 Å². The molecule has 1 N–H and O–H groups in total. The summed E-state index contributed by atoms with van der Waals surface area (Å²) in [5, 5.41) is 15.3. The molecule has 0 saturated carbocycles. The monoisotopic (exact) mass is 441 g/mol. The van der Waals surface area contributed by atoms with Gasteiger partial charge in [-0.05, 0) is 57.8 Å². The van der Waals surface area contributed by atoms with Gasteiger partial charge in [0.2, 0.25) is 11.1 Å². The third kappa shape index (κ3) is 5.70. The van der Waals surface area contributed by atoms with Gasteiger partial charge >= 0.3 is 0 Å². The zero-order valence-corrected chi connectivity index (χ0v) is 18.5. The van der Waals surface area contributed by atoms with Gasteiger partial charge in [0.1, 0.15) is 0 Å². The molecule has 3 aromatic carbocycles. The number of hydrogen-bond donors (Lipinski definition) is 1. The van der Waals surface area contributed by atoms with Crippen LogP contribution in [-0.2, 0) is 11.2 Å².